The highest BCUT2D eigenvalue weighted by molar-refractivity contribution is 9.10. The van der Waals surface area contributed by atoms with Crippen molar-refractivity contribution in [3.63, 3.8) is 0 Å². The standard InChI is InChI=1S/C38H56BrNO8/c1-9-10-12-25(5)36(48-38(46)40-30-18-16-29(39)17-19-30)27(7)34(43)23(3)14-11-13-22(2)33(42)24(4)15-20-31(41)21-32-26(6)35(44)28(8)37(45)47-32/h9-13,15-20,22-28,31-36,41-44H,1,14,21H2,2-8H3,(H,40,46)/b12-10-,13-11-,20-15-/t22-,23-,24-,25-,26-,27-,28+,31+,32-,33+,34+,35-,36-/m0/s1. The van der Waals surface area contributed by atoms with Crippen LogP contribution in [-0.2, 0) is 14.3 Å². The van der Waals surface area contributed by atoms with E-state index in [1.807, 2.05) is 65.0 Å². The molecule has 2 rings (SSSR count). The molecular formula is C38H56BrNO8. The first kappa shape index (κ1) is 41.4. The lowest BCUT2D eigenvalue weighted by atomic mass is 9.82. The fraction of sp³-hybridized carbons (Fsp3) is 0.579. The Morgan fingerprint density at radius 1 is 0.979 bits per heavy atom. The van der Waals surface area contributed by atoms with E-state index in [1.54, 1.807) is 50.3 Å². The summed E-state index contributed by atoms with van der Waals surface area (Å²) < 4.78 is 12.2. The number of rotatable bonds is 17. The van der Waals surface area contributed by atoms with E-state index in [2.05, 4.69) is 27.8 Å². The number of allylic oxidation sites excluding steroid dienone is 3. The highest BCUT2D eigenvalue weighted by Gasteiger charge is 2.41. The lowest BCUT2D eigenvalue weighted by Gasteiger charge is -2.36. The molecule has 1 heterocycles. The van der Waals surface area contributed by atoms with Gasteiger partial charge in [0.05, 0.1) is 30.3 Å². The van der Waals surface area contributed by atoms with Crippen LogP contribution < -0.4 is 5.32 Å². The van der Waals surface area contributed by atoms with Gasteiger partial charge in [-0.05, 0) is 43.5 Å². The van der Waals surface area contributed by atoms with Crippen LogP contribution in [0.1, 0.15) is 61.3 Å². The van der Waals surface area contributed by atoms with Gasteiger partial charge < -0.3 is 29.9 Å². The maximum absolute atomic E-state index is 12.8. The van der Waals surface area contributed by atoms with Crippen LogP contribution in [0.5, 0.6) is 0 Å². The molecule has 0 aromatic heterocycles. The summed E-state index contributed by atoms with van der Waals surface area (Å²) in [5.74, 6) is -2.58. The molecule has 1 aromatic carbocycles. The van der Waals surface area contributed by atoms with Crippen molar-refractivity contribution in [2.75, 3.05) is 5.32 Å². The summed E-state index contributed by atoms with van der Waals surface area (Å²) in [7, 11) is 0. The minimum Gasteiger partial charge on any atom is -0.462 e. The van der Waals surface area contributed by atoms with Crippen molar-refractivity contribution in [3.8, 4) is 0 Å². The number of esters is 1. The van der Waals surface area contributed by atoms with E-state index in [0.717, 1.165) is 4.47 Å². The molecule has 1 aliphatic heterocycles. The number of carbonyl (C=O) groups is 2. The van der Waals surface area contributed by atoms with E-state index < -0.39 is 54.6 Å². The Bertz CT molecular complexity index is 1250. The van der Waals surface area contributed by atoms with Gasteiger partial charge in [0, 0.05) is 46.2 Å². The van der Waals surface area contributed by atoms with Crippen LogP contribution in [0, 0.1) is 41.4 Å². The molecule has 0 saturated carbocycles. The third-order valence-electron chi connectivity index (χ3n) is 9.45. The van der Waals surface area contributed by atoms with Crippen LogP contribution in [0.25, 0.3) is 0 Å². The average Bonchev–Trinajstić information content (AvgIpc) is 3.06. The normalized spacial score (nSPS) is 25.9. The first-order valence-corrected chi connectivity index (χ1v) is 17.7. The van der Waals surface area contributed by atoms with Crippen LogP contribution in [0.2, 0.25) is 0 Å². The molecule has 1 aliphatic rings. The van der Waals surface area contributed by atoms with E-state index >= 15 is 0 Å². The fourth-order valence-electron chi connectivity index (χ4n) is 5.99. The average molecular weight is 735 g/mol. The number of hydrogen-bond acceptors (Lipinski definition) is 8. The molecule has 1 amide bonds. The van der Waals surface area contributed by atoms with E-state index in [1.165, 1.54) is 0 Å². The Kier molecular flexibility index (Phi) is 17.3. The molecule has 5 N–H and O–H groups in total. The number of anilines is 1. The number of hydrogen-bond donors (Lipinski definition) is 5. The summed E-state index contributed by atoms with van der Waals surface area (Å²) in [4.78, 5) is 24.8. The molecule has 268 valence electrons. The monoisotopic (exact) mass is 733 g/mol. The first-order chi connectivity index (χ1) is 22.6. The third kappa shape index (κ3) is 12.6. The van der Waals surface area contributed by atoms with Crippen molar-refractivity contribution < 1.29 is 39.5 Å². The van der Waals surface area contributed by atoms with Gasteiger partial charge in [-0.1, -0.05) is 107 Å². The summed E-state index contributed by atoms with van der Waals surface area (Å²) in [5.41, 5.74) is 0.594. The highest BCUT2D eigenvalue weighted by atomic mass is 79.9. The van der Waals surface area contributed by atoms with Crippen LogP contribution in [-0.4, -0.2) is 69.1 Å². The van der Waals surface area contributed by atoms with E-state index in [0.29, 0.717) is 12.1 Å². The maximum Gasteiger partial charge on any atom is 0.411 e. The Balaban J connectivity index is 1.94. The van der Waals surface area contributed by atoms with Gasteiger partial charge in [0.25, 0.3) is 0 Å². The van der Waals surface area contributed by atoms with Gasteiger partial charge >= 0.3 is 12.1 Å². The van der Waals surface area contributed by atoms with E-state index in [9.17, 15) is 30.0 Å². The first-order valence-electron chi connectivity index (χ1n) is 16.9. The molecule has 0 bridgehead atoms. The third-order valence-corrected chi connectivity index (χ3v) is 9.98. The van der Waals surface area contributed by atoms with Crippen molar-refractivity contribution in [3.05, 3.63) is 77.8 Å². The van der Waals surface area contributed by atoms with Crippen LogP contribution >= 0.6 is 15.9 Å². The summed E-state index contributed by atoms with van der Waals surface area (Å²) in [6.07, 6.45) is 8.23. The molecular weight excluding hydrogens is 678 g/mol. The number of aliphatic hydroxyl groups excluding tert-OH is 4. The predicted octanol–water partition coefficient (Wildman–Crippen LogP) is 6.82. The number of cyclic esters (lactones) is 1. The minimum absolute atomic E-state index is 0.162. The number of carbonyl (C=O) groups excluding carboxylic acids is 2. The second-order valence-electron chi connectivity index (χ2n) is 13.5. The van der Waals surface area contributed by atoms with Gasteiger partial charge in [0.2, 0.25) is 0 Å². The summed E-state index contributed by atoms with van der Waals surface area (Å²) in [5, 5.41) is 45.8. The summed E-state index contributed by atoms with van der Waals surface area (Å²) in [6, 6.07) is 7.16. The molecule has 0 spiro atoms. The second kappa shape index (κ2) is 20.0. The molecule has 0 radical (unpaired) electrons. The Morgan fingerprint density at radius 3 is 2.23 bits per heavy atom. The zero-order valence-corrected chi connectivity index (χ0v) is 30.9. The van der Waals surface area contributed by atoms with E-state index in [-0.39, 0.29) is 41.9 Å². The molecule has 0 unspecified atom stereocenters. The lowest BCUT2D eigenvalue weighted by molar-refractivity contribution is -0.179. The largest absolute Gasteiger partial charge is 0.462 e. The van der Waals surface area contributed by atoms with Crippen molar-refractivity contribution in [2.45, 2.75) is 97.9 Å². The van der Waals surface area contributed by atoms with Gasteiger partial charge in [-0.25, -0.2) is 4.79 Å². The Labute approximate surface area is 294 Å². The maximum atomic E-state index is 12.8. The number of halogens is 1. The molecule has 0 aliphatic carbocycles. The Hall–Kier alpha value is -2.76. The van der Waals surface area contributed by atoms with Crippen LogP contribution in [0.4, 0.5) is 10.5 Å². The molecule has 1 fully saturated rings. The van der Waals surface area contributed by atoms with Crippen LogP contribution in [0.15, 0.2) is 77.8 Å². The van der Waals surface area contributed by atoms with Crippen molar-refractivity contribution in [1.82, 2.24) is 0 Å². The zero-order valence-electron chi connectivity index (χ0n) is 29.3. The lowest BCUT2D eigenvalue weighted by Crippen LogP contribution is -2.47. The summed E-state index contributed by atoms with van der Waals surface area (Å²) in [6.45, 7) is 16.6. The SMILES string of the molecule is C=C/C=C\[C@H](C)[C@H](OC(=O)Nc1ccc(Br)cc1)[C@@H](C)[C@H](O)[C@@H](C)C/C=C\[C@H](C)[C@@H](O)[C@@H](C)/C=C\[C@@H](O)C[C@@H]1OC(=O)[C@H](C)[C@@H](O)[C@H]1C. The highest BCUT2D eigenvalue weighted by Crippen LogP contribution is 2.30. The molecule has 1 aromatic rings. The van der Waals surface area contributed by atoms with Gasteiger partial charge in [0.1, 0.15) is 12.2 Å². The van der Waals surface area contributed by atoms with Gasteiger partial charge in [-0.2, -0.15) is 0 Å². The number of benzene rings is 1. The second-order valence-corrected chi connectivity index (χ2v) is 14.4. The van der Waals surface area contributed by atoms with Gasteiger partial charge in [-0.15, -0.1) is 0 Å². The number of nitrogens with one attached hydrogen (secondary N) is 1. The minimum atomic E-state index is -0.898. The molecule has 13 atom stereocenters. The Morgan fingerprint density at radius 2 is 1.60 bits per heavy atom. The van der Waals surface area contributed by atoms with Gasteiger partial charge in [-0.3, -0.25) is 10.1 Å². The number of aliphatic hydroxyl groups is 4. The van der Waals surface area contributed by atoms with Crippen molar-refractivity contribution >= 4 is 33.7 Å². The molecule has 9 nitrogen and oxygen atoms in total. The molecule has 10 heteroatoms. The fourth-order valence-corrected chi connectivity index (χ4v) is 6.25. The number of ether oxygens (including phenoxy) is 2. The topological polar surface area (TPSA) is 146 Å². The number of amides is 1. The molecule has 48 heavy (non-hydrogen) atoms. The molecule has 1 saturated heterocycles. The quantitative estimate of drug-likeness (QED) is 0.0666. The smallest absolute Gasteiger partial charge is 0.411 e. The van der Waals surface area contributed by atoms with Crippen molar-refractivity contribution in [2.24, 2.45) is 41.4 Å². The predicted molar refractivity (Wildman–Crippen MR) is 193 cm³/mol. The van der Waals surface area contributed by atoms with E-state index in [4.69, 9.17) is 9.47 Å². The van der Waals surface area contributed by atoms with Gasteiger partial charge in [0.15, 0.2) is 0 Å². The summed E-state index contributed by atoms with van der Waals surface area (Å²) >= 11 is 3.38. The van der Waals surface area contributed by atoms with Crippen LogP contribution in [0.3, 0.4) is 0 Å². The zero-order chi connectivity index (χ0) is 36.1. The van der Waals surface area contributed by atoms with Crippen molar-refractivity contribution in [1.29, 1.82) is 0 Å².